The summed E-state index contributed by atoms with van der Waals surface area (Å²) in [4.78, 5) is 13.4. The molecule has 1 aliphatic rings. The Labute approximate surface area is 146 Å². The molecule has 0 spiro atoms. The Morgan fingerprint density at radius 3 is 2.80 bits per heavy atom. The van der Waals surface area contributed by atoms with Crippen molar-refractivity contribution in [3.8, 4) is 28.4 Å². The van der Waals surface area contributed by atoms with Gasteiger partial charge < -0.3 is 9.47 Å². The normalized spacial score (nSPS) is 15.2. The van der Waals surface area contributed by atoms with Crippen molar-refractivity contribution in [2.75, 3.05) is 6.61 Å². The highest BCUT2D eigenvalue weighted by Crippen LogP contribution is 2.41. The number of fused-ring (bicyclic) bond motifs is 3. The Hall–Kier alpha value is -2.79. The zero-order chi connectivity index (χ0) is 17.1. The van der Waals surface area contributed by atoms with Gasteiger partial charge in [-0.15, -0.1) is 0 Å². The smallest absolute Gasteiger partial charge is 0.230 e. The highest BCUT2D eigenvalue weighted by molar-refractivity contribution is 5.73. The van der Waals surface area contributed by atoms with Crippen molar-refractivity contribution in [3.05, 3.63) is 60.6 Å². The van der Waals surface area contributed by atoms with Gasteiger partial charge in [0.1, 0.15) is 5.75 Å². The third kappa shape index (κ3) is 3.10. The van der Waals surface area contributed by atoms with Crippen LogP contribution in [0.2, 0.25) is 0 Å². The standard InChI is InChI=1S/C20H19N3O2/c1-2-3-12-24-20-16-13-22-19(14-8-10-21-11-9-14)23-18(16)15-6-4-5-7-17(15)25-20/h4-11,13,20H,2-3,12H2,1H3. The van der Waals surface area contributed by atoms with Gasteiger partial charge in [0, 0.05) is 29.7 Å². The molecular formula is C20H19N3O2. The number of aromatic nitrogens is 3. The van der Waals surface area contributed by atoms with Crippen molar-refractivity contribution in [1.82, 2.24) is 15.0 Å². The summed E-state index contributed by atoms with van der Waals surface area (Å²) in [6, 6.07) is 11.7. The Kier molecular flexibility index (Phi) is 4.39. The van der Waals surface area contributed by atoms with E-state index in [4.69, 9.17) is 14.5 Å². The topological polar surface area (TPSA) is 57.1 Å². The fourth-order valence-electron chi connectivity index (χ4n) is 2.82. The number of pyridine rings is 1. The van der Waals surface area contributed by atoms with Crippen LogP contribution in [0.1, 0.15) is 31.6 Å². The van der Waals surface area contributed by atoms with E-state index in [2.05, 4.69) is 16.9 Å². The van der Waals surface area contributed by atoms with Crippen molar-refractivity contribution in [1.29, 1.82) is 0 Å². The molecule has 0 amide bonds. The van der Waals surface area contributed by atoms with Crippen LogP contribution in [0.3, 0.4) is 0 Å². The van der Waals surface area contributed by atoms with Gasteiger partial charge in [0.25, 0.3) is 0 Å². The molecule has 0 saturated heterocycles. The van der Waals surface area contributed by atoms with Crippen molar-refractivity contribution >= 4 is 0 Å². The lowest BCUT2D eigenvalue weighted by Gasteiger charge is -2.27. The van der Waals surface area contributed by atoms with E-state index >= 15 is 0 Å². The van der Waals surface area contributed by atoms with E-state index < -0.39 is 6.29 Å². The second-order valence-corrected chi connectivity index (χ2v) is 5.90. The first-order chi connectivity index (χ1) is 12.4. The lowest BCUT2D eigenvalue weighted by molar-refractivity contribution is -0.0861. The summed E-state index contributed by atoms with van der Waals surface area (Å²) < 4.78 is 12.0. The van der Waals surface area contributed by atoms with Crippen LogP contribution in [-0.2, 0) is 4.74 Å². The van der Waals surface area contributed by atoms with E-state index in [-0.39, 0.29) is 0 Å². The number of hydrogen-bond acceptors (Lipinski definition) is 5. The van der Waals surface area contributed by atoms with Gasteiger partial charge in [0.05, 0.1) is 17.9 Å². The second kappa shape index (κ2) is 6.99. The van der Waals surface area contributed by atoms with Crippen LogP contribution in [-0.4, -0.2) is 21.6 Å². The van der Waals surface area contributed by atoms with E-state index in [1.165, 1.54) is 0 Å². The summed E-state index contributed by atoms with van der Waals surface area (Å²) in [7, 11) is 0. The molecule has 126 valence electrons. The van der Waals surface area contributed by atoms with Gasteiger partial charge in [-0.05, 0) is 30.7 Å². The number of benzene rings is 1. The number of para-hydroxylation sites is 1. The molecule has 1 aromatic carbocycles. The van der Waals surface area contributed by atoms with Crippen molar-refractivity contribution < 1.29 is 9.47 Å². The maximum Gasteiger partial charge on any atom is 0.230 e. The summed E-state index contributed by atoms with van der Waals surface area (Å²) in [6.07, 6.45) is 6.89. The predicted molar refractivity (Wildman–Crippen MR) is 94.9 cm³/mol. The monoisotopic (exact) mass is 333 g/mol. The van der Waals surface area contributed by atoms with Crippen LogP contribution in [0.25, 0.3) is 22.6 Å². The molecule has 0 fully saturated rings. The molecule has 1 aliphatic heterocycles. The highest BCUT2D eigenvalue weighted by atomic mass is 16.7. The van der Waals surface area contributed by atoms with E-state index in [9.17, 15) is 0 Å². The zero-order valence-corrected chi connectivity index (χ0v) is 14.1. The molecular weight excluding hydrogens is 314 g/mol. The lowest BCUT2D eigenvalue weighted by atomic mass is 10.0. The maximum absolute atomic E-state index is 6.04. The first-order valence-electron chi connectivity index (χ1n) is 8.52. The Morgan fingerprint density at radius 1 is 1.12 bits per heavy atom. The molecule has 0 bridgehead atoms. The predicted octanol–water partition coefficient (Wildman–Crippen LogP) is 4.41. The van der Waals surface area contributed by atoms with Gasteiger partial charge in [0.2, 0.25) is 6.29 Å². The van der Waals surface area contributed by atoms with Crippen LogP contribution in [0.15, 0.2) is 55.0 Å². The molecule has 1 unspecified atom stereocenters. The van der Waals surface area contributed by atoms with Gasteiger partial charge >= 0.3 is 0 Å². The minimum atomic E-state index is -0.469. The molecule has 3 aromatic rings. The first-order valence-corrected chi connectivity index (χ1v) is 8.52. The summed E-state index contributed by atoms with van der Waals surface area (Å²) in [5.41, 5.74) is 3.63. The summed E-state index contributed by atoms with van der Waals surface area (Å²) in [5, 5.41) is 0. The van der Waals surface area contributed by atoms with Gasteiger partial charge in [0.15, 0.2) is 5.82 Å². The van der Waals surface area contributed by atoms with E-state index in [1.807, 2.05) is 42.6 Å². The summed E-state index contributed by atoms with van der Waals surface area (Å²) in [5.74, 6) is 1.46. The van der Waals surface area contributed by atoms with Crippen LogP contribution in [0.5, 0.6) is 5.75 Å². The summed E-state index contributed by atoms with van der Waals surface area (Å²) >= 11 is 0. The molecule has 5 heteroatoms. The number of rotatable bonds is 5. The van der Waals surface area contributed by atoms with E-state index in [1.54, 1.807) is 12.4 Å². The lowest BCUT2D eigenvalue weighted by Crippen LogP contribution is -2.19. The van der Waals surface area contributed by atoms with Crippen LogP contribution in [0.4, 0.5) is 0 Å². The molecule has 5 nitrogen and oxygen atoms in total. The Bertz CT molecular complexity index is 868. The minimum Gasteiger partial charge on any atom is -0.460 e. The molecule has 25 heavy (non-hydrogen) atoms. The molecule has 4 rings (SSSR count). The number of unbranched alkanes of at least 4 members (excludes halogenated alkanes) is 1. The van der Waals surface area contributed by atoms with Crippen LogP contribution in [0, 0.1) is 0 Å². The highest BCUT2D eigenvalue weighted by Gasteiger charge is 2.28. The molecule has 0 N–H and O–H groups in total. The van der Waals surface area contributed by atoms with Crippen molar-refractivity contribution in [2.24, 2.45) is 0 Å². The Balaban J connectivity index is 1.77. The van der Waals surface area contributed by atoms with Gasteiger partial charge in [-0.3, -0.25) is 4.98 Å². The average molecular weight is 333 g/mol. The summed E-state index contributed by atoms with van der Waals surface area (Å²) in [6.45, 7) is 2.79. The molecule has 3 heterocycles. The van der Waals surface area contributed by atoms with Gasteiger partial charge in [-0.2, -0.15) is 0 Å². The molecule has 2 aromatic heterocycles. The third-order valence-corrected chi connectivity index (χ3v) is 4.15. The minimum absolute atomic E-state index is 0.469. The average Bonchev–Trinajstić information content (AvgIpc) is 2.68. The van der Waals surface area contributed by atoms with Gasteiger partial charge in [-0.1, -0.05) is 25.5 Å². The molecule has 0 saturated carbocycles. The SMILES string of the molecule is CCCCOC1Oc2ccccc2-c2nc(-c3ccncc3)ncc21. The first kappa shape index (κ1) is 15.7. The third-order valence-electron chi connectivity index (χ3n) is 4.15. The Morgan fingerprint density at radius 2 is 1.96 bits per heavy atom. The van der Waals surface area contributed by atoms with Crippen molar-refractivity contribution in [3.63, 3.8) is 0 Å². The number of nitrogens with zero attached hydrogens (tertiary/aromatic N) is 3. The fraction of sp³-hybridized carbons (Fsp3) is 0.250. The largest absolute Gasteiger partial charge is 0.460 e. The zero-order valence-electron chi connectivity index (χ0n) is 14.1. The molecule has 1 atom stereocenters. The molecule has 0 aliphatic carbocycles. The second-order valence-electron chi connectivity index (χ2n) is 5.90. The van der Waals surface area contributed by atoms with Gasteiger partial charge in [-0.25, -0.2) is 9.97 Å². The fourth-order valence-corrected chi connectivity index (χ4v) is 2.82. The quantitative estimate of drug-likeness (QED) is 0.647. The van der Waals surface area contributed by atoms with E-state index in [0.29, 0.717) is 12.4 Å². The van der Waals surface area contributed by atoms with E-state index in [0.717, 1.165) is 41.0 Å². The molecule has 0 radical (unpaired) electrons. The van der Waals surface area contributed by atoms with Crippen LogP contribution >= 0.6 is 0 Å². The van der Waals surface area contributed by atoms with Crippen molar-refractivity contribution in [2.45, 2.75) is 26.1 Å². The number of ether oxygens (including phenoxy) is 2. The number of hydrogen-bond donors (Lipinski definition) is 0. The maximum atomic E-state index is 6.04. The van der Waals surface area contributed by atoms with Crippen LogP contribution < -0.4 is 4.74 Å².